The maximum absolute atomic E-state index is 13.1. The van der Waals surface area contributed by atoms with Gasteiger partial charge in [0.1, 0.15) is 0 Å². The molecule has 1 saturated carbocycles. The molecule has 2 aliphatic heterocycles. The summed E-state index contributed by atoms with van der Waals surface area (Å²) < 4.78 is 22.2. The van der Waals surface area contributed by atoms with Gasteiger partial charge < -0.3 is 23.8 Å². The van der Waals surface area contributed by atoms with Crippen LogP contribution in [-0.2, 0) is 31.1 Å². The maximum atomic E-state index is 13.1. The van der Waals surface area contributed by atoms with E-state index in [0.29, 0.717) is 31.9 Å². The molecule has 1 aliphatic carbocycles. The molecule has 4 rings (SSSR count). The lowest BCUT2D eigenvalue weighted by atomic mass is 9.79. The van der Waals surface area contributed by atoms with Gasteiger partial charge in [0.15, 0.2) is 11.5 Å². The summed E-state index contributed by atoms with van der Waals surface area (Å²) >= 11 is 0. The summed E-state index contributed by atoms with van der Waals surface area (Å²) in [5.41, 5.74) is 2.01. The molecule has 1 spiro atoms. The van der Waals surface area contributed by atoms with Crippen LogP contribution in [0.5, 0.6) is 11.5 Å². The fourth-order valence-electron chi connectivity index (χ4n) is 5.33. The second-order valence-corrected chi connectivity index (χ2v) is 8.51. The third kappa shape index (κ3) is 3.64. The molecule has 7 heteroatoms. The van der Waals surface area contributed by atoms with Crippen LogP contribution in [0.4, 0.5) is 0 Å². The van der Waals surface area contributed by atoms with Gasteiger partial charge in [0.25, 0.3) is 0 Å². The van der Waals surface area contributed by atoms with E-state index >= 15 is 0 Å². The van der Waals surface area contributed by atoms with Crippen LogP contribution in [-0.4, -0.2) is 57.8 Å². The van der Waals surface area contributed by atoms with Crippen LogP contribution in [0.25, 0.3) is 0 Å². The van der Waals surface area contributed by atoms with Gasteiger partial charge in [-0.15, -0.1) is 0 Å². The Morgan fingerprint density at radius 2 is 1.70 bits per heavy atom. The highest BCUT2D eigenvalue weighted by molar-refractivity contribution is 5.81. The van der Waals surface area contributed by atoms with E-state index in [4.69, 9.17) is 18.9 Å². The number of likely N-dealkylation sites (tertiary alicyclic amines) is 1. The lowest BCUT2D eigenvalue weighted by molar-refractivity contribution is -0.146. The Hall–Kier alpha value is -2.28. The number of esters is 1. The molecule has 1 amide bonds. The molecule has 2 atom stereocenters. The highest BCUT2D eigenvalue weighted by Crippen LogP contribution is 2.45. The van der Waals surface area contributed by atoms with E-state index in [1.807, 2.05) is 11.0 Å². The minimum atomic E-state index is -0.381. The lowest BCUT2D eigenvalue weighted by Crippen LogP contribution is -2.49. The number of carbonyl (C=O) groups excluding carboxylic acids is 2. The summed E-state index contributed by atoms with van der Waals surface area (Å²) in [7, 11) is 4.70. The van der Waals surface area contributed by atoms with Crippen LogP contribution in [0.15, 0.2) is 12.1 Å². The Balaban J connectivity index is 1.46. The minimum Gasteiger partial charge on any atom is -0.493 e. The molecule has 1 aromatic carbocycles. The number of amides is 1. The van der Waals surface area contributed by atoms with E-state index in [0.717, 1.165) is 43.4 Å². The molecule has 0 radical (unpaired) electrons. The van der Waals surface area contributed by atoms with Crippen molar-refractivity contribution in [2.75, 3.05) is 41.0 Å². The van der Waals surface area contributed by atoms with Crippen LogP contribution >= 0.6 is 0 Å². The van der Waals surface area contributed by atoms with Gasteiger partial charge in [-0.1, -0.05) is 0 Å². The molecule has 164 valence electrons. The Labute approximate surface area is 177 Å². The van der Waals surface area contributed by atoms with Crippen molar-refractivity contribution in [2.24, 2.45) is 11.8 Å². The molecule has 0 aromatic heterocycles. The van der Waals surface area contributed by atoms with Crippen molar-refractivity contribution in [1.29, 1.82) is 0 Å². The van der Waals surface area contributed by atoms with Gasteiger partial charge in [-0.25, -0.2) is 0 Å². The summed E-state index contributed by atoms with van der Waals surface area (Å²) in [6, 6.07) is 4.10. The predicted octanol–water partition coefficient (Wildman–Crippen LogP) is 2.68. The van der Waals surface area contributed by atoms with Gasteiger partial charge in [0.2, 0.25) is 5.91 Å². The zero-order valence-electron chi connectivity index (χ0n) is 18.1. The number of nitrogens with zero attached hydrogens (tertiary/aromatic N) is 1. The second-order valence-electron chi connectivity index (χ2n) is 8.51. The van der Waals surface area contributed by atoms with Gasteiger partial charge >= 0.3 is 5.97 Å². The van der Waals surface area contributed by atoms with Gasteiger partial charge in [0.05, 0.1) is 39.5 Å². The predicted molar refractivity (Wildman–Crippen MR) is 110 cm³/mol. The Morgan fingerprint density at radius 3 is 2.37 bits per heavy atom. The number of benzene rings is 1. The number of methoxy groups -OCH3 is 3. The van der Waals surface area contributed by atoms with Gasteiger partial charge in [-0.3, -0.25) is 9.59 Å². The highest BCUT2D eigenvalue weighted by Gasteiger charge is 2.44. The quantitative estimate of drug-likeness (QED) is 0.702. The first-order valence-corrected chi connectivity index (χ1v) is 10.8. The first-order valence-electron chi connectivity index (χ1n) is 10.8. The van der Waals surface area contributed by atoms with E-state index in [-0.39, 0.29) is 29.3 Å². The standard InChI is InChI=1S/C23H31NO6/c1-27-19-13-15-6-11-30-23(18(15)14-20(19)28-2)7-9-24(10-8-23)21(25)16-4-5-17(12-16)22(26)29-3/h13-14,16-17H,4-12H2,1-3H3/t16-,17+/m0/s1. The van der Waals surface area contributed by atoms with Crippen LogP contribution in [0, 0.1) is 11.8 Å². The lowest BCUT2D eigenvalue weighted by Gasteiger charge is -2.45. The molecule has 1 saturated heterocycles. The van der Waals surface area contributed by atoms with Crippen molar-refractivity contribution in [3.8, 4) is 11.5 Å². The summed E-state index contributed by atoms with van der Waals surface area (Å²) in [5.74, 6) is 1.20. The third-order valence-corrected chi connectivity index (χ3v) is 7.05. The number of hydrogen-bond donors (Lipinski definition) is 0. The van der Waals surface area contributed by atoms with Crippen molar-refractivity contribution in [3.63, 3.8) is 0 Å². The fourth-order valence-corrected chi connectivity index (χ4v) is 5.33. The molecule has 30 heavy (non-hydrogen) atoms. The molecule has 0 bridgehead atoms. The van der Waals surface area contributed by atoms with Crippen molar-refractivity contribution < 1.29 is 28.5 Å². The van der Waals surface area contributed by atoms with E-state index in [1.54, 1.807) is 14.2 Å². The average Bonchev–Trinajstić information content (AvgIpc) is 3.28. The monoisotopic (exact) mass is 417 g/mol. The largest absolute Gasteiger partial charge is 0.493 e. The molecule has 3 aliphatic rings. The smallest absolute Gasteiger partial charge is 0.308 e. The highest BCUT2D eigenvalue weighted by atomic mass is 16.5. The molecule has 2 fully saturated rings. The van der Waals surface area contributed by atoms with E-state index < -0.39 is 0 Å². The summed E-state index contributed by atoms with van der Waals surface area (Å²) in [4.78, 5) is 26.8. The zero-order valence-corrected chi connectivity index (χ0v) is 18.1. The third-order valence-electron chi connectivity index (χ3n) is 7.05. The number of piperidine rings is 1. The number of hydrogen-bond acceptors (Lipinski definition) is 6. The Kier molecular flexibility index (Phi) is 5.91. The second kappa shape index (κ2) is 8.46. The molecule has 2 heterocycles. The van der Waals surface area contributed by atoms with Crippen molar-refractivity contribution in [3.05, 3.63) is 23.3 Å². The topological polar surface area (TPSA) is 74.3 Å². The fraction of sp³-hybridized carbons (Fsp3) is 0.652. The van der Waals surface area contributed by atoms with Crippen molar-refractivity contribution in [2.45, 2.75) is 44.1 Å². The maximum Gasteiger partial charge on any atom is 0.308 e. The van der Waals surface area contributed by atoms with E-state index in [2.05, 4.69) is 6.07 Å². The Morgan fingerprint density at radius 1 is 1.03 bits per heavy atom. The number of carbonyl (C=O) groups is 2. The molecule has 1 aromatic rings. The average molecular weight is 418 g/mol. The SMILES string of the molecule is COC(=O)[C@@H]1CC[C@H](C(=O)N2CCC3(CC2)OCCc2cc(OC)c(OC)cc23)C1. The summed E-state index contributed by atoms with van der Waals surface area (Å²) in [5, 5.41) is 0. The molecular formula is C23H31NO6. The number of ether oxygens (including phenoxy) is 4. The van der Waals surface area contributed by atoms with E-state index in [9.17, 15) is 9.59 Å². The summed E-state index contributed by atoms with van der Waals surface area (Å²) in [6.45, 7) is 1.98. The van der Waals surface area contributed by atoms with Gasteiger partial charge in [-0.2, -0.15) is 0 Å². The first kappa shape index (κ1) is 21.0. The van der Waals surface area contributed by atoms with Gasteiger partial charge in [0, 0.05) is 19.0 Å². The first-order chi connectivity index (χ1) is 14.5. The van der Waals surface area contributed by atoms with Crippen LogP contribution in [0.2, 0.25) is 0 Å². The minimum absolute atomic E-state index is 0.0768. The van der Waals surface area contributed by atoms with Crippen LogP contribution in [0.3, 0.4) is 0 Å². The number of fused-ring (bicyclic) bond motifs is 2. The molecule has 0 N–H and O–H groups in total. The zero-order chi connectivity index (χ0) is 21.3. The molecule has 7 nitrogen and oxygen atoms in total. The Bertz CT molecular complexity index is 814. The van der Waals surface area contributed by atoms with Crippen LogP contribution < -0.4 is 9.47 Å². The summed E-state index contributed by atoms with van der Waals surface area (Å²) in [6.07, 6.45) is 4.46. The van der Waals surface area contributed by atoms with Crippen LogP contribution in [0.1, 0.15) is 43.2 Å². The molecule has 0 unspecified atom stereocenters. The van der Waals surface area contributed by atoms with Crippen molar-refractivity contribution in [1.82, 2.24) is 4.90 Å². The number of rotatable bonds is 4. The molecular weight excluding hydrogens is 386 g/mol. The normalized spacial score (nSPS) is 25.0. The van der Waals surface area contributed by atoms with Crippen molar-refractivity contribution >= 4 is 11.9 Å². The van der Waals surface area contributed by atoms with Gasteiger partial charge in [-0.05, 0) is 61.8 Å². The van der Waals surface area contributed by atoms with E-state index in [1.165, 1.54) is 12.7 Å².